The summed E-state index contributed by atoms with van der Waals surface area (Å²) < 4.78 is 39.6. The zero-order chi connectivity index (χ0) is 18.4. The molecule has 3 nitrogen and oxygen atoms in total. The van der Waals surface area contributed by atoms with Gasteiger partial charge in [-0.1, -0.05) is 42.5 Å². The number of rotatable bonds is 2. The zero-order valence-electron chi connectivity index (χ0n) is 13.7. The Labute approximate surface area is 143 Å². The molecule has 0 aromatic heterocycles. The van der Waals surface area contributed by atoms with Crippen molar-refractivity contribution in [3.05, 3.63) is 76.5 Å². The van der Waals surface area contributed by atoms with Gasteiger partial charge in [0.05, 0.1) is 11.1 Å². The number of alkyl halides is 3. The molecule has 25 heavy (non-hydrogen) atoms. The van der Waals surface area contributed by atoms with Crippen molar-refractivity contribution in [2.75, 3.05) is 7.05 Å². The predicted octanol–water partition coefficient (Wildman–Crippen LogP) is 4.95. The molecule has 1 atom stereocenters. The lowest BCUT2D eigenvalue weighted by Crippen LogP contribution is -2.25. The highest BCUT2D eigenvalue weighted by Gasteiger charge is 2.38. The number of nitrogens with one attached hydrogen (secondary N) is 1. The van der Waals surface area contributed by atoms with Crippen LogP contribution in [0.25, 0.3) is 5.57 Å². The fourth-order valence-corrected chi connectivity index (χ4v) is 3.13. The zero-order valence-corrected chi connectivity index (χ0v) is 13.7. The molecule has 0 radical (unpaired) electrons. The van der Waals surface area contributed by atoms with Crippen molar-refractivity contribution in [2.45, 2.75) is 19.1 Å². The number of benzene rings is 2. The molecule has 3 rings (SSSR count). The van der Waals surface area contributed by atoms with Gasteiger partial charge in [-0.25, -0.2) is 0 Å². The van der Waals surface area contributed by atoms with Crippen LogP contribution in [0.15, 0.2) is 54.3 Å². The number of aryl methyl sites for hydroxylation is 1. The topological polar surface area (TPSA) is 47.3 Å². The van der Waals surface area contributed by atoms with E-state index in [0.717, 1.165) is 11.6 Å². The SMILES string of the molecule is Cc1ccc(C2=C(O)C(c3ccccc3)N(C)C2=N)cc1C(F)(F)F. The summed E-state index contributed by atoms with van der Waals surface area (Å²) in [5.41, 5.74) is 0.427. The maximum absolute atomic E-state index is 13.2. The maximum Gasteiger partial charge on any atom is 0.416 e. The normalized spacial score (nSPS) is 18.2. The summed E-state index contributed by atoms with van der Waals surface area (Å²) in [4.78, 5) is 1.55. The molecular weight excluding hydrogens is 329 g/mol. The summed E-state index contributed by atoms with van der Waals surface area (Å²) in [6, 6.07) is 12.4. The highest BCUT2D eigenvalue weighted by molar-refractivity contribution is 6.24. The van der Waals surface area contributed by atoms with Crippen molar-refractivity contribution < 1.29 is 18.3 Å². The Morgan fingerprint density at radius 3 is 2.32 bits per heavy atom. The van der Waals surface area contributed by atoms with E-state index in [9.17, 15) is 18.3 Å². The number of aliphatic hydroxyl groups excluding tert-OH is 1. The first-order valence-electron chi connectivity index (χ1n) is 7.70. The molecule has 0 saturated heterocycles. The largest absolute Gasteiger partial charge is 0.509 e. The van der Waals surface area contributed by atoms with Crippen LogP contribution in [0, 0.1) is 12.3 Å². The molecule has 0 amide bonds. The maximum atomic E-state index is 13.2. The summed E-state index contributed by atoms with van der Waals surface area (Å²) in [7, 11) is 1.64. The fraction of sp³-hybridized carbons (Fsp3) is 0.211. The smallest absolute Gasteiger partial charge is 0.416 e. The third kappa shape index (κ3) is 2.88. The molecule has 2 aromatic carbocycles. The number of nitrogens with zero attached hydrogens (tertiary/aromatic N) is 1. The predicted molar refractivity (Wildman–Crippen MR) is 90.4 cm³/mol. The van der Waals surface area contributed by atoms with Gasteiger partial charge >= 0.3 is 6.18 Å². The summed E-state index contributed by atoms with van der Waals surface area (Å²) >= 11 is 0. The van der Waals surface area contributed by atoms with Crippen LogP contribution in [0.4, 0.5) is 13.2 Å². The lowest BCUT2D eigenvalue weighted by Gasteiger charge is -2.22. The Kier molecular flexibility index (Phi) is 4.06. The molecule has 130 valence electrons. The van der Waals surface area contributed by atoms with E-state index < -0.39 is 17.8 Å². The van der Waals surface area contributed by atoms with E-state index in [4.69, 9.17) is 5.41 Å². The van der Waals surface area contributed by atoms with Crippen LogP contribution in [-0.4, -0.2) is 22.9 Å². The number of aliphatic hydroxyl groups is 1. The molecule has 0 spiro atoms. The molecule has 6 heteroatoms. The molecule has 0 aliphatic carbocycles. The van der Waals surface area contributed by atoms with E-state index in [2.05, 4.69) is 0 Å². The van der Waals surface area contributed by atoms with Crippen LogP contribution in [0.2, 0.25) is 0 Å². The van der Waals surface area contributed by atoms with Gasteiger partial charge in [0.25, 0.3) is 0 Å². The third-order valence-corrected chi connectivity index (χ3v) is 4.44. The average Bonchev–Trinajstić information content (AvgIpc) is 2.78. The van der Waals surface area contributed by atoms with Crippen molar-refractivity contribution in [3.63, 3.8) is 0 Å². The van der Waals surface area contributed by atoms with E-state index in [1.165, 1.54) is 19.1 Å². The first-order valence-corrected chi connectivity index (χ1v) is 7.70. The van der Waals surface area contributed by atoms with E-state index in [1.54, 1.807) is 11.9 Å². The van der Waals surface area contributed by atoms with Gasteiger partial charge in [-0.05, 0) is 29.7 Å². The van der Waals surface area contributed by atoms with Gasteiger partial charge in [0, 0.05) is 7.05 Å². The minimum Gasteiger partial charge on any atom is -0.509 e. The van der Waals surface area contributed by atoms with E-state index in [1.807, 2.05) is 30.3 Å². The van der Waals surface area contributed by atoms with Crippen molar-refractivity contribution in [2.24, 2.45) is 0 Å². The molecule has 1 unspecified atom stereocenters. The Hall–Kier alpha value is -2.76. The molecule has 0 fully saturated rings. The van der Waals surface area contributed by atoms with Crippen LogP contribution in [0.1, 0.15) is 28.3 Å². The monoisotopic (exact) mass is 346 g/mol. The Bertz CT molecular complexity index is 857. The number of amidine groups is 1. The number of hydrogen-bond donors (Lipinski definition) is 2. The van der Waals surface area contributed by atoms with Gasteiger partial charge in [-0.3, -0.25) is 5.41 Å². The third-order valence-electron chi connectivity index (χ3n) is 4.44. The Balaban J connectivity index is 2.13. The summed E-state index contributed by atoms with van der Waals surface area (Å²) in [6.07, 6.45) is -4.48. The first-order chi connectivity index (χ1) is 11.7. The highest BCUT2D eigenvalue weighted by Crippen LogP contribution is 2.41. The van der Waals surface area contributed by atoms with E-state index in [0.29, 0.717) is 0 Å². The Morgan fingerprint density at radius 2 is 1.72 bits per heavy atom. The van der Waals surface area contributed by atoms with Gasteiger partial charge in [0.1, 0.15) is 17.6 Å². The van der Waals surface area contributed by atoms with Crippen molar-refractivity contribution in [1.29, 1.82) is 5.41 Å². The van der Waals surface area contributed by atoms with Crippen LogP contribution in [0.5, 0.6) is 0 Å². The van der Waals surface area contributed by atoms with E-state index in [-0.39, 0.29) is 28.3 Å². The molecule has 1 heterocycles. The van der Waals surface area contributed by atoms with Crippen LogP contribution < -0.4 is 0 Å². The second kappa shape index (κ2) is 5.95. The average molecular weight is 346 g/mol. The molecule has 2 aromatic rings. The van der Waals surface area contributed by atoms with Crippen LogP contribution in [0.3, 0.4) is 0 Å². The molecule has 0 saturated carbocycles. The van der Waals surface area contributed by atoms with Crippen molar-refractivity contribution in [3.8, 4) is 0 Å². The molecule has 2 N–H and O–H groups in total. The van der Waals surface area contributed by atoms with E-state index >= 15 is 0 Å². The minimum atomic E-state index is -4.48. The van der Waals surface area contributed by atoms with Gasteiger partial charge in [0.15, 0.2) is 0 Å². The number of halogens is 3. The first kappa shape index (κ1) is 17.1. The van der Waals surface area contributed by atoms with Gasteiger partial charge < -0.3 is 10.0 Å². The molecular formula is C19H17F3N2O. The second-order valence-electron chi connectivity index (χ2n) is 6.06. The summed E-state index contributed by atoms with van der Waals surface area (Å²) in [5, 5.41) is 18.9. The van der Waals surface area contributed by atoms with Gasteiger partial charge in [-0.15, -0.1) is 0 Å². The second-order valence-corrected chi connectivity index (χ2v) is 6.06. The lowest BCUT2D eigenvalue weighted by molar-refractivity contribution is -0.138. The Morgan fingerprint density at radius 1 is 1.08 bits per heavy atom. The van der Waals surface area contributed by atoms with Gasteiger partial charge in [0.2, 0.25) is 0 Å². The fourth-order valence-electron chi connectivity index (χ4n) is 3.13. The highest BCUT2D eigenvalue weighted by atomic mass is 19.4. The van der Waals surface area contributed by atoms with Gasteiger partial charge in [-0.2, -0.15) is 13.2 Å². The standard InChI is InChI=1S/C19H17F3N2O/c1-11-8-9-13(10-14(11)19(20,21)22)15-17(25)16(24(2)18(15)23)12-6-4-3-5-7-12/h3-10,16,23,25H,1-2H3. The lowest BCUT2D eigenvalue weighted by atomic mass is 9.97. The van der Waals surface area contributed by atoms with Crippen molar-refractivity contribution in [1.82, 2.24) is 4.90 Å². The number of hydrogen-bond acceptors (Lipinski definition) is 2. The van der Waals surface area contributed by atoms with Crippen LogP contribution >= 0.6 is 0 Å². The summed E-state index contributed by atoms with van der Waals surface area (Å²) in [6.45, 7) is 1.39. The summed E-state index contributed by atoms with van der Waals surface area (Å²) in [5.74, 6) is -0.126. The molecule has 0 bridgehead atoms. The van der Waals surface area contributed by atoms with Crippen molar-refractivity contribution >= 4 is 11.4 Å². The van der Waals surface area contributed by atoms with Crippen LogP contribution in [-0.2, 0) is 6.18 Å². The molecule has 1 aliphatic heterocycles. The quantitative estimate of drug-likeness (QED) is 0.808. The molecule has 1 aliphatic rings. The number of likely N-dealkylation sites (N-methyl/N-ethyl adjacent to an activating group) is 1. The minimum absolute atomic E-state index is 0.0108.